The zero-order valence-electron chi connectivity index (χ0n) is 21.8. The van der Waals surface area contributed by atoms with E-state index in [-0.39, 0.29) is 18.1 Å². The molecule has 3 rings (SSSR count). The zero-order chi connectivity index (χ0) is 25.9. The molecule has 2 fully saturated rings. The number of carbonyl (C=O) groups excluding carboxylic acids is 1. The third-order valence-corrected chi connectivity index (χ3v) is 7.24. The normalized spacial score (nSPS) is 24.0. The van der Waals surface area contributed by atoms with Crippen molar-refractivity contribution in [2.24, 2.45) is 5.92 Å². The van der Waals surface area contributed by atoms with E-state index in [0.29, 0.717) is 25.5 Å². The number of piperazine rings is 1. The summed E-state index contributed by atoms with van der Waals surface area (Å²) in [5.41, 5.74) is -1.77. The first kappa shape index (κ1) is 27.9. The Labute approximate surface area is 207 Å². The molecule has 9 heteroatoms. The summed E-state index contributed by atoms with van der Waals surface area (Å²) < 4.78 is 46.2. The molecule has 0 bridgehead atoms. The number of alkyl halides is 3. The fourth-order valence-electron chi connectivity index (χ4n) is 5.35. The first-order valence-corrected chi connectivity index (χ1v) is 12.8. The Hall–Kier alpha value is -1.71. The van der Waals surface area contributed by atoms with Gasteiger partial charge in [-0.1, -0.05) is 26.8 Å². The van der Waals surface area contributed by atoms with E-state index in [1.165, 1.54) is 17.0 Å². The molecule has 0 aromatic carbocycles. The van der Waals surface area contributed by atoms with Crippen molar-refractivity contribution in [1.82, 2.24) is 14.8 Å². The molecule has 1 aromatic rings. The van der Waals surface area contributed by atoms with E-state index in [1.54, 1.807) is 6.92 Å². The molecule has 198 valence electrons. The molecule has 0 radical (unpaired) electrons. The maximum absolute atomic E-state index is 13.4. The Morgan fingerprint density at radius 1 is 1.20 bits per heavy atom. The first-order chi connectivity index (χ1) is 16.3. The highest BCUT2D eigenvalue weighted by atomic mass is 19.4. The highest BCUT2D eigenvalue weighted by molar-refractivity contribution is 5.92. The molecule has 2 saturated heterocycles. The van der Waals surface area contributed by atoms with Crippen LogP contribution in [0, 0.1) is 5.92 Å². The van der Waals surface area contributed by atoms with Crippen molar-refractivity contribution in [1.29, 1.82) is 0 Å². The van der Waals surface area contributed by atoms with Crippen LogP contribution in [0.25, 0.3) is 0 Å². The van der Waals surface area contributed by atoms with E-state index in [0.717, 1.165) is 51.6 Å². The van der Waals surface area contributed by atoms with Crippen molar-refractivity contribution in [3.05, 3.63) is 23.9 Å². The van der Waals surface area contributed by atoms with Crippen molar-refractivity contribution in [3.8, 4) is 0 Å². The number of carbonyl (C=O) groups is 1. The molecule has 1 atom stereocenters. The smallest absolute Gasteiger partial charge is 0.375 e. The van der Waals surface area contributed by atoms with Gasteiger partial charge in [-0.25, -0.2) is 4.98 Å². The number of pyridine rings is 1. The number of nitrogens with zero attached hydrogens (tertiary/aromatic N) is 4. The van der Waals surface area contributed by atoms with Gasteiger partial charge < -0.3 is 9.64 Å². The van der Waals surface area contributed by atoms with Gasteiger partial charge in [-0.15, -0.1) is 0 Å². The third kappa shape index (κ3) is 7.17. The fourth-order valence-corrected chi connectivity index (χ4v) is 5.35. The Morgan fingerprint density at radius 3 is 2.46 bits per heavy atom. The predicted molar refractivity (Wildman–Crippen MR) is 131 cm³/mol. The van der Waals surface area contributed by atoms with Crippen molar-refractivity contribution in [2.75, 3.05) is 50.8 Å². The molecule has 0 aliphatic carbocycles. The number of hydrogen-bond donors (Lipinski definition) is 0. The van der Waals surface area contributed by atoms with E-state index in [1.807, 2.05) is 13.8 Å². The second-order valence-corrected chi connectivity index (χ2v) is 11.0. The molecule has 1 aromatic heterocycles. The highest BCUT2D eigenvalue weighted by Gasteiger charge is 2.47. The van der Waals surface area contributed by atoms with E-state index in [2.05, 4.69) is 28.6 Å². The maximum Gasteiger partial charge on any atom is 0.433 e. The van der Waals surface area contributed by atoms with Gasteiger partial charge in [-0.05, 0) is 57.7 Å². The summed E-state index contributed by atoms with van der Waals surface area (Å²) in [6, 6.07) is 3.78. The quantitative estimate of drug-likeness (QED) is 0.514. The molecular formula is C26H41F3N4O2. The first-order valence-electron chi connectivity index (χ1n) is 12.8. The van der Waals surface area contributed by atoms with Gasteiger partial charge in [0, 0.05) is 51.3 Å². The second-order valence-electron chi connectivity index (χ2n) is 11.0. The minimum absolute atomic E-state index is 0.0610. The van der Waals surface area contributed by atoms with E-state index in [4.69, 9.17) is 4.74 Å². The van der Waals surface area contributed by atoms with Crippen LogP contribution in [0.15, 0.2) is 18.2 Å². The third-order valence-electron chi connectivity index (χ3n) is 7.24. The molecule has 0 saturated carbocycles. The van der Waals surface area contributed by atoms with E-state index >= 15 is 0 Å². The lowest BCUT2D eigenvalue weighted by Crippen LogP contribution is -2.66. The summed E-state index contributed by atoms with van der Waals surface area (Å²) in [5, 5.41) is 0. The molecule has 1 amide bonds. The summed E-state index contributed by atoms with van der Waals surface area (Å²) in [6.07, 6.45) is -1.81. The van der Waals surface area contributed by atoms with Gasteiger partial charge in [0.15, 0.2) is 0 Å². The maximum atomic E-state index is 13.4. The van der Waals surface area contributed by atoms with Crippen molar-refractivity contribution < 1.29 is 22.7 Å². The van der Waals surface area contributed by atoms with Gasteiger partial charge in [0.25, 0.3) is 0 Å². The molecule has 35 heavy (non-hydrogen) atoms. The standard InChI is InChI=1S/C26H41F3N4O2/c1-6-23(34)33(22-9-7-8-21(30-22)26(27,28)29)19-25(11-17-35-24(4,5)18-25)32-15-13-31(14-16-32)12-10-20(2)3/h7-9,20H,6,10-19H2,1-5H3. The summed E-state index contributed by atoms with van der Waals surface area (Å²) >= 11 is 0. The largest absolute Gasteiger partial charge is 0.433 e. The molecule has 6 nitrogen and oxygen atoms in total. The van der Waals surface area contributed by atoms with Crippen LogP contribution in [0.1, 0.15) is 66.0 Å². The molecule has 2 aliphatic heterocycles. The SMILES string of the molecule is CCC(=O)N(CC1(N2CCN(CCC(C)C)CC2)CCOC(C)(C)C1)c1cccc(C(F)(F)F)n1. The van der Waals surface area contributed by atoms with Crippen LogP contribution in [0.3, 0.4) is 0 Å². The number of ether oxygens (including phenoxy) is 1. The lowest BCUT2D eigenvalue weighted by Gasteiger charge is -2.54. The Bertz CT molecular complexity index is 853. The van der Waals surface area contributed by atoms with Crippen LogP contribution in [0.5, 0.6) is 0 Å². The number of anilines is 1. The second kappa shape index (κ2) is 11.1. The molecular weight excluding hydrogens is 457 g/mol. The number of amides is 1. The predicted octanol–water partition coefficient (Wildman–Crippen LogP) is 4.83. The number of hydrogen-bond acceptors (Lipinski definition) is 5. The van der Waals surface area contributed by atoms with Crippen LogP contribution < -0.4 is 4.90 Å². The Kier molecular flexibility index (Phi) is 8.86. The molecule has 0 N–H and O–H groups in total. The van der Waals surface area contributed by atoms with Gasteiger partial charge in [-0.3, -0.25) is 14.6 Å². The Balaban J connectivity index is 1.89. The van der Waals surface area contributed by atoms with Gasteiger partial charge in [0.2, 0.25) is 5.91 Å². The fraction of sp³-hybridized carbons (Fsp3) is 0.769. The highest BCUT2D eigenvalue weighted by Crippen LogP contribution is 2.39. The average molecular weight is 499 g/mol. The molecule has 2 aliphatic rings. The minimum atomic E-state index is -4.57. The average Bonchev–Trinajstić information content (AvgIpc) is 2.80. The minimum Gasteiger partial charge on any atom is -0.375 e. The number of rotatable bonds is 8. The van der Waals surface area contributed by atoms with Crippen LogP contribution in [0.2, 0.25) is 0 Å². The van der Waals surface area contributed by atoms with Crippen LogP contribution in [-0.2, 0) is 15.7 Å². The van der Waals surface area contributed by atoms with Crippen LogP contribution >= 0.6 is 0 Å². The molecule has 1 unspecified atom stereocenters. The lowest BCUT2D eigenvalue weighted by atomic mass is 9.78. The lowest BCUT2D eigenvalue weighted by molar-refractivity contribution is -0.141. The summed E-state index contributed by atoms with van der Waals surface area (Å²) in [5.74, 6) is 0.492. The van der Waals surface area contributed by atoms with Crippen LogP contribution in [-0.4, -0.2) is 77.7 Å². The van der Waals surface area contributed by atoms with Crippen molar-refractivity contribution in [2.45, 2.75) is 77.6 Å². The van der Waals surface area contributed by atoms with Crippen LogP contribution in [0.4, 0.5) is 19.0 Å². The number of aromatic nitrogens is 1. The monoisotopic (exact) mass is 498 g/mol. The molecule has 0 spiro atoms. The topological polar surface area (TPSA) is 48.9 Å². The van der Waals surface area contributed by atoms with Gasteiger partial charge in [-0.2, -0.15) is 13.2 Å². The van der Waals surface area contributed by atoms with Crippen molar-refractivity contribution in [3.63, 3.8) is 0 Å². The Morgan fingerprint density at radius 2 is 1.89 bits per heavy atom. The number of halogens is 3. The van der Waals surface area contributed by atoms with Crippen molar-refractivity contribution >= 4 is 11.7 Å². The van der Waals surface area contributed by atoms with Gasteiger partial charge in [0.1, 0.15) is 11.5 Å². The van der Waals surface area contributed by atoms with E-state index < -0.39 is 23.0 Å². The zero-order valence-corrected chi connectivity index (χ0v) is 21.8. The van der Waals surface area contributed by atoms with Gasteiger partial charge >= 0.3 is 6.18 Å². The van der Waals surface area contributed by atoms with Gasteiger partial charge in [0.05, 0.1) is 5.60 Å². The molecule has 3 heterocycles. The van der Waals surface area contributed by atoms with E-state index in [9.17, 15) is 18.0 Å². The summed E-state index contributed by atoms with van der Waals surface area (Å²) in [7, 11) is 0. The summed E-state index contributed by atoms with van der Waals surface area (Å²) in [6.45, 7) is 15.8. The summed E-state index contributed by atoms with van der Waals surface area (Å²) in [4.78, 5) is 23.4.